The molecule has 162 valence electrons. The molecule has 4 rings (SSSR count). The molecule has 2 aromatic carbocycles. The SMILES string of the molecule is CCCCCCc1c(I)c2c3ccc(=O)oc3ccc2n1S(=O)(=O)c1ccc(C)cc1. The van der Waals surface area contributed by atoms with Crippen LogP contribution in [0, 0.1) is 10.5 Å². The molecule has 0 spiro atoms. The quantitative estimate of drug-likeness (QED) is 0.161. The lowest BCUT2D eigenvalue weighted by atomic mass is 10.1. The van der Waals surface area contributed by atoms with E-state index in [1.54, 1.807) is 30.3 Å². The summed E-state index contributed by atoms with van der Waals surface area (Å²) in [6.07, 6.45) is 4.86. The van der Waals surface area contributed by atoms with E-state index in [2.05, 4.69) is 29.5 Å². The third kappa shape index (κ3) is 4.05. The fraction of sp³-hybridized carbons (Fsp3) is 0.292. The van der Waals surface area contributed by atoms with Crippen molar-refractivity contribution in [2.24, 2.45) is 0 Å². The highest BCUT2D eigenvalue weighted by molar-refractivity contribution is 14.1. The van der Waals surface area contributed by atoms with Crippen LogP contribution in [0.2, 0.25) is 0 Å². The normalized spacial score (nSPS) is 12.1. The van der Waals surface area contributed by atoms with E-state index >= 15 is 0 Å². The molecular weight excluding hydrogens is 525 g/mol. The van der Waals surface area contributed by atoms with Crippen LogP contribution in [0.4, 0.5) is 0 Å². The van der Waals surface area contributed by atoms with Gasteiger partial charge < -0.3 is 4.42 Å². The van der Waals surface area contributed by atoms with E-state index in [1.165, 1.54) is 10.0 Å². The van der Waals surface area contributed by atoms with E-state index in [9.17, 15) is 13.2 Å². The van der Waals surface area contributed by atoms with Crippen molar-refractivity contribution in [3.8, 4) is 0 Å². The second kappa shape index (κ2) is 8.78. The maximum absolute atomic E-state index is 13.8. The summed E-state index contributed by atoms with van der Waals surface area (Å²) >= 11 is 2.24. The molecule has 0 aliphatic rings. The number of unbranched alkanes of at least 4 members (excludes halogenated alkanes) is 3. The Morgan fingerprint density at radius 2 is 1.71 bits per heavy atom. The molecule has 0 saturated carbocycles. The molecular formula is C24H24INO4S. The van der Waals surface area contributed by atoms with Gasteiger partial charge in [-0.15, -0.1) is 0 Å². The van der Waals surface area contributed by atoms with Crippen molar-refractivity contribution in [2.45, 2.75) is 50.8 Å². The van der Waals surface area contributed by atoms with Gasteiger partial charge in [0.25, 0.3) is 10.0 Å². The molecule has 4 aromatic rings. The third-order valence-electron chi connectivity index (χ3n) is 5.54. The second-order valence-corrected chi connectivity index (χ2v) is 10.6. The number of aryl methyl sites for hydroxylation is 1. The summed E-state index contributed by atoms with van der Waals surface area (Å²) in [5.74, 6) is 0. The molecule has 0 fully saturated rings. The van der Waals surface area contributed by atoms with E-state index < -0.39 is 15.6 Å². The first kappa shape index (κ1) is 22.1. The fourth-order valence-corrected chi connectivity index (χ4v) is 6.75. The Morgan fingerprint density at radius 3 is 2.42 bits per heavy atom. The van der Waals surface area contributed by atoms with Crippen LogP contribution in [0.15, 0.2) is 62.6 Å². The van der Waals surface area contributed by atoms with Crippen molar-refractivity contribution in [3.63, 3.8) is 0 Å². The number of nitrogens with zero attached hydrogens (tertiary/aromatic N) is 1. The van der Waals surface area contributed by atoms with E-state index in [0.717, 1.165) is 51.3 Å². The van der Waals surface area contributed by atoms with E-state index in [4.69, 9.17) is 4.42 Å². The minimum Gasteiger partial charge on any atom is -0.423 e. The highest BCUT2D eigenvalue weighted by Crippen LogP contribution is 2.36. The Hall–Kier alpha value is -2.13. The molecule has 0 saturated heterocycles. The molecule has 2 heterocycles. The predicted octanol–water partition coefficient (Wildman–Crippen LogP) is 6.02. The van der Waals surface area contributed by atoms with Crippen molar-refractivity contribution in [1.29, 1.82) is 0 Å². The minimum absolute atomic E-state index is 0.265. The minimum atomic E-state index is -3.79. The van der Waals surface area contributed by atoms with Crippen molar-refractivity contribution in [2.75, 3.05) is 0 Å². The second-order valence-electron chi connectivity index (χ2n) is 7.78. The van der Waals surface area contributed by atoms with Crippen molar-refractivity contribution in [3.05, 3.63) is 73.8 Å². The van der Waals surface area contributed by atoms with Gasteiger partial charge in [0.15, 0.2) is 0 Å². The Morgan fingerprint density at radius 1 is 0.968 bits per heavy atom. The first-order chi connectivity index (χ1) is 14.8. The Balaban J connectivity index is 2.00. The van der Waals surface area contributed by atoms with E-state index in [0.29, 0.717) is 17.5 Å². The van der Waals surface area contributed by atoms with Gasteiger partial charge >= 0.3 is 5.63 Å². The summed E-state index contributed by atoms with van der Waals surface area (Å²) in [5, 5.41) is 1.55. The van der Waals surface area contributed by atoms with Gasteiger partial charge in [-0.3, -0.25) is 0 Å². The number of benzene rings is 2. The first-order valence-corrected chi connectivity index (χ1v) is 12.9. The highest BCUT2D eigenvalue weighted by atomic mass is 127. The van der Waals surface area contributed by atoms with Crippen LogP contribution >= 0.6 is 22.6 Å². The number of hydrogen-bond donors (Lipinski definition) is 0. The van der Waals surface area contributed by atoms with Gasteiger partial charge in [0.1, 0.15) is 5.58 Å². The summed E-state index contributed by atoms with van der Waals surface area (Å²) in [6, 6.07) is 13.5. The van der Waals surface area contributed by atoms with Crippen LogP contribution < -0.4 is 5.63 Å². The van der Waals surface area contributed by atoms with Gasteiger partial charge in [-0.1, -0.05) is 43.9 Å². The molecule has 0 bridgehead atoms. The molecule has 31 heavy (non-hydrogen) atoms. The average molecular weight is 549 g/mol. The summed E-state index contributed by atoms with van der Waals surface area (Å²) in [7, 11) is -3.79. The van der Waals surface area contributed by atoms with Crippen molar-refractivity contribution >= 4 is 54.5 Å². The Labute approximate surface area is 195 Å². The summed E-state index contributed by atoms with van der Waals surface area (Å²) < 4.78 is 35.2. The molecule has 0 amide bonds. The van der Waals surface area contributed by atoms with Crippen LogP contribution in [0.25, 0.3) is 21.9 Å². The van der Waals surface area contributed by atoms with Gasteiger partial charge in [0.05, 0.1) is 10.4 Å². The summed E-state index contributed by atoms with van der Waals surface area (Å²) in [6.45, 7) is 4.09. The molecule has 7 heteroatoms. The largest absolute Gasteiger partial charge is 0.423 e. The number of hydrogen-bond acceptors (Lipinski definition) is 4. The Kier molecular flexibility index (Phi) is 6.25. The molecule has 5 nitrogen and oxygen atoms in total. The molecule has 0 aliphatic heterocycles. The van der Waals surface area contributed by atoms with Crippen LogP contribution in [0.1, 0.15) is 43.9 Å². The number of aromatic nitrogens is 1. The van der Waals surface area contributed by atoms with Crippen LogP contribution in [-0.4, -0.2) is 12.4 Å². The maximum Gasteiger partial charge on any atom is 0.336 e. The van der Waals surface area contributed by atoms with Crippen LogP contribution in [0.5, 0.6) is 0 Å². The van der Waals surface area contributed by atoms with Gasteiger partial charge in [0, 0.05) is 26.1 Å². The van der Waals surface area contributed by atoms with Crippen molar-refractivity contribution < 1.29 is 12.8 Å². The van der Waals surface area contributed by atoms with Gasteiger partial charge in [-0.25, -0.2) is 17.2 Å². The van der Waals surface area contributed by atoms with Gasteiger partial charge in [-0.2, -0.15) is 0 Å². The summed E-state index contributed by atoms with van der Waals surface area (Å²) in [5.41, 5.74) is 2.43. The van der Waals surface area contributed by atoms with Crippen LogP contribution in [0.3, 0.4) is 0 Å². The molecule has 0 N–H and O–H groups in total. The molecule has 2 aromatic heterocycles. The molecule has 0 aliphatic carbocycles. The first-order valence-electron chi connectivity index (χ1n) is 10.4. The smallest absolute Gasteiger partial charge is 0.336 e. The average Bonchev–Trinajstić information content (AvgIpc) is 3.04. The topological polar surface area (TPSA) is 69.3 Å². The number of rotatable bonds is 7. The fourth-order valence-electron chi connectivity index (χ4n) is 3.94. The van der Waals surface area contributed by atoms with Crippen molar-refractivity contribution in [1.82, 2.24) is 3.97 Å². The molecule has 0 unspecified atom stereocenters. The third-order valence-corrected chi connectivity index (χ3v) is 8.47. The lowest BCUT2D eigenvalue weighted by molar-refractivity contribution is 0.561. The summed E-state index contributed by atoms with van der Waals surface area (Å²) in [4.78, 5) is 11.9. The maximum atomic E-state index is 13.8. The molecule has 0 atom stereocenters. The predicted molar refractivity (Wildman–Crippen MR) is 132 cm³/mol. The Bertz CT molecular complexity index is 1420. The lowest BCUT2D eigenvalue weighted by Crippen LogP contribution is -2.16. The standard InChI is InChI=1S/C24H24INO4S/c1-3-4-5-6-7-20-24(25)23-18-12-15-22(27)30-21(18)14-13-19(23)26(20)31(28,29)17-10-8-16(2)9-11-17/h8-15H,3-7H2,1-2H3. The highest BCUT2D eigenvalue weighted by Gasteiger charge is 2.27. The molecule has 0 radical (unpaired) electrons. The van der Waals surface area contributed by atoms with Crippen LogP contribution in [-0.2, 0) is 16.4 Å². The zero-order valence-electron chi connectivity index (χ0n) is 17.5. The van der Waals surface area contributed by atoms with E-state index in [-0.39, 0.29) is 4.90 Å². The number of halogens is 1. The van der Waals surface area contributed by atoms with E-state index in [1.807, 2.05) is 19.1 Å². The number of fused-ring (bicyclic) bond motifs is 3. The zero-order valence-corrected chi connectivity index (χ0v) is 20.5. The lowest BCUT2D eigenvalue weighted by Gasteiger charge is -2.13. The van der Waals surface area contributed by atoms with Gasteiger partial charge in [0.2, 0.25) is 0 Å². The zero-order chi connectivity index (χ0) is 22.2. The monoisotopic (exact) mass is 549 g/mol. The van der Waals surface area contributed by atoms with Gasteiger partial charge in [-0.05, 0) is 72.7 Å².